The second-order valence-electron chi connectivity index (χ2n) is 4.08. The maximum absolute atomic E-state index is 5.82. The molecule has 0 aromatic carbocycles. The van der Waals surface area contributed by atoms with Gasteiger partial charge in [0.2, 0.25) is 0 Å². The number of rotatable bonds is 3. The Labute approximate surface area is 106 Å². The third kappa shape index (κ3) is 2.77. The normalized spacial score (nSPS) is 12.5. The van der Waals surface area contributed by atoms with Crippen molar-refractivity contribution in [3.8, 4) is 0 Å². The van der Waals surface area contributed by atoms with E-state index in [-0.39, 0.29) is 6.04 Å². The van der Waals surface area contributed by atoms with Gasteiger partial charge in [0.1, 0.15) is 5.15 Å². The van der Waals surface area contributed by atoms with Crippen molar-refractivity contribution in [2.45, 2.75) is 19.9 Å². The molecule has 4 nitrogen and oxygen atoms in total. The molecule has 2 aromatic rings. The highest BCUT2D eigenvalue weighted by atomic mass is 35.5. The third-order valence-corrected chi connectivity index (χ3v) is 2.86. The topological polar surface area (TPSA) is 42.7 Å². The van der Waals surface area contributed by atoms with Crippen LogP contribution in [-0.4, -0.2) is 14.8 Å². The van der Waals surface area contributed by atoms with E-state index in [2.05, 4.69) is 22.3 Å². The van der Waals surface area contributed by atoms with Gasteiger partial charge in [-0.25, -0.2) is 4.98 Å². The molecule has 0 amide bonds. The second kappa shape index (κ2) is 4.75. The number of anilines is 1. The Kier molecular flexibility index (Phi) is 3.33. The molecule has 0 saturated carbocycles. The van der Waals surface area contributed by atoms with Gasteiger partial charge in [0.25, 0.3) is 0 Å². The van der Waals surface area contributed by atoms with Gasteiger partial charge < -0.3 is 5.32 Å². The summed E-state index contributed by atoms with van der Waals surface area (Å²) < 4.78 is 1.79. The summed E-state index contributed by atoms with van der Waals surface area (Å²) >= 11 is 5.82. The molecule has 0 bridgehead atoms. The minimum Gasteiger partial charge on any atom is -0.377 e. The van der Waals surface area contributed by atoms with Crippen LogP contribution >= 0.6 is 11.6 Å². The van der Waals surface area contributed by atoms with Crippen LogP contribution in [0.15, 0.2) is 24.5 Å². The summed E-state index contributed by atoms with van der Waals surface area (Å²) in [6, 6.07) is 3.91. The van der Waals surface area contributed by atoms with E-state index in [1.807, 2.05) is 32.4 Å². The van der Waals surface area contributed by atoms with E-state index in [0.29, 0.717) is 5.15 Å². The predicted molar refractivity (Wildman–Crippen MR) is 69.2 cm³/mol. The largest absolute Gasteiger partial charge is 0.377 e. The number of halogens is 1. The van der Waals surface area contributed by atoms with Gasteiger partial charge in [-0.1, -0.05) is 11.6 Å². The van der Waals surface area contributed by atoms with Crippen LogP contribution in [0.4, 0.5) is 5.69 Å². The standard InChI is InChI=1S/C12H15ClN4/c1-8(10-6-14-17(3)7-10)15-11-4-5-12(13)16-9(11)2/h4-8,15H,1-3H3. The average molecular weight is 251 g/mol. The van der Waals surface area contributed by atoms with Crippen molar-refractivity contribution in [1.82, 2.24) is 14.8 Å². The molecule has 0 aliphatic rings. The zero-order valence-electron chi connectivity index (χ0n) is 10.1. The van der Waals surface area contributed by atoms with Crippen LogP contribution < -0.4 is 5.32 Å². The summed E-state index contributed by atoms with van der Waals surface area (Å²) in [7, 11) is 1.91. The maximum Gasteiger partial charge on any atom is 0.129 e. The number of nitrogens with one attached hydrogen (secondary N) is 1. The highest BCUT2D eigenvalue weighted by Gasteiger charge is 2.09. The van der Waals surface area contributed by atoms with E-state index in [1.165, 1.54) is 0 Å². The van der Waals surface area contributed by atoms with Crippen LogP contribution in [0.25, 0.3) is 0 Å². The van der Waals surface area contributed by atoms with Gasteiger partial charge in [0.15, 0.2) is 0 Å². The number of pyridine rings is 1. The number of aromatic nitrogens is 3. The molecule has 17 heavy (non-hydrogen) atoms. The number of hydrogen-bond acceptors (Lipinski definition) is 3. The van der Waals surface area contributed by atoms with Gasteiger partial charge >= 0.3 is 0 Å². The molecule has 90 valence electrons. The summed E-state index contributed by atoms with van der Waals surface area (Å²) in [6.45, 7) is 4.02. The summed E-state index contributed by atoms with van der Waals surface area (Å²) in [5, 5.41) is 8.06. The van der Waals surface area contributed by atoms with E-state index in [4.69, 9.17) is 11.6 Å². The lowest BCUT2D eigenvalue weighted by atomic mass is 10.2. The Morgan fingerprint density at radius 3 is 2.76 bits per heavy atom. The quantitative estimate of drug-likeness (QED) is 0.852. The summed E-state index contributed by atoms with van der Waals surface area (Å²) in [5.41, 5.74) is 3.03. The Morgan fingerprint density at radius 2 is 2.18 bits per heavy atom. The van der Waals surface area contributed by atoms with E-state index < -0.39 is 0 Å². The summed E-state index contributed by atoms with van der Waals surface area (Å²) in [6.07, 6.45) is 3.85. The molecule has 5 heteroatoms. The van der Waals surface area contributed by atoms with Crippen molar-refractivity contribution in [2.75, 3.05) is 5.32 Å². The van der Waals surface area contributed by atoms with Crippen molar-refractivity contribution in [3.63, 3.8) is 0 Å². The molecule has 1 atom stereocenters. The molecule has 2 rings (SSSR count). The lowest BCUT2D eigenvalue weighted by molar-refractivity contribution is 0.765. The molecule has 1 unspecified atom stereocenters. The molecule has 0 radical (unpaired) electrons. The van der Waals surface area contributed by atoms with E-state index in [0.717, 1.165) is 16.9 Å². The zero-order valence-corrected chi connectivity index (χ0v) is 10.9. The molecule has 0 saturated heterocycles. The van der Waals surface area contributed by atoms with Crippen molar-refractivity contribution in [2.24, 2.45) is 7.05 Å². The van der Waals surface area contributed by atoms with Crippen LogP contribution in [0.2, 0.25) is 5.15 Å². The molecule has 0 aliphatic carbocycles. The minimum absolute atomic E-state index is 0.186. The number of aryl methyl sites for hydroxylation is 2. The highest BCUT2D eigenvalue weighted by molar-refractivity contribution is 6.29. The van der Waals surface area contributed by atoms with Crippen LogP contribution in [-0.2, 0) is 7.05 Å². The molecule has 0 fully saturated rings. The van der Waals surface area contributed by atoms with Gasteiger partial charge in [-0.3, -0.25) is 4.68 Å². The minimum atomic E-state index is 0.186. The van der Waals surface area contributed by atoms with Crippen molar-refractivity contribution in [1.29, 1.82) is 0 Å². The first-order chi connectivity index (χ1) is 8.06. The molecular weight excluding hydrogens is 236 g/mol. The Hall–Kier alpha value is -1.55. The lowest BCUT2D eigenvalue weighted by Crippen LogP contribution is -2.07. The second-order valence-corrected chi connectivity index (χ2v) is 4.47. The zero-order chi connectivity index (χ0) is 12.4. The fourth-order valence-electron chi connectivity index (χ4n) is 1.66. The smallest absolute Gasteiger partial charge is 0.129 e. The fourth-order valence-corrected chi connectivity index (χ4v) is 1.85. The average Bonchev–Trinajstić information content (AvgIpc) is 2.69. The number of nitrogens with zero attached hydrogens (tertiary/aromatic N) is 3. The predicted octanol–water partition coefficient (Wildman–Crippen LogP) is 2.95. The van der Waals surface area contributed by atoms with Crippen molar-refractivity contribution < 1.29 is 0 Å². The number of hydrogen-bond donors (Lipinski definition) is 1. The van der Waals surface area contributed by atoms with Crippen LogP contribution in [0.5, 0.6) is 0 Å². The third-order valence-electron chi connectivity index (χ3n) is 2.65. The van der Waals surface area contributed by atoms with Crippen LogP contribution in [0, 0.1) is 6.92 Å². The first-order valence-electron chi connectivity index (χ1n) is 5.44. The summed E-state index contributed by atoms with van der Waals surface area (Å²) in [4.78, 5) is 4.21. The molecule has 2 heterocycles. The maximum atomic E-state index is 5.82. The van der Waals surface area contributed by atoms with Gasteiger partial charge in [-0.2, -0.15) is 5.10 Å². The molecule has 1 N–H and O–H groups in total. The van der Waals surface area contributed by atoms with Gasteiger partial charge in [0.05, 0.1) is 23.6 Å². The molecule has 2 aromatic heterocycles. The van der Waals surface area contributed by atoms with Gasteiger partial charge in [-0.05, 0) is 26.0 Å². The van der Waals surface area contributed by atoms with Crippen molar-refractivity contribution in [3.05, 3.63) is 40.9 Å². The van der Waals surface area contributed by atoms with Crippen LogP contribution in [0.1, 0.15) is 24.2 Å². The first-order valence-corrected chi connectivity index (χ1v) is 5.82. The Balaban J connectivity index is 2.15. The van der Waals surface area contributed by atoms with Crippen LogP contribution in [0.3, 0.4) is 0 Å². The van der Waals surface area contributed by atoms with E-state index in [1.54, 1.807) is 10.7 Å². The SMILES string of the molecule is Cc1nc(Cl)ccc1NC(C)c1cnn(C)c1. The molecular formula is C12H15ClN4. The van der Waals surface area contributed by atoms with Gasteiger partial charge in [-0.15, -0.1) is 0 Å². The Bertz CT molecular complexity index is 521. The van der Waals surface area contributed by atoms with E-state index >= 15 is 0 Å². The Morgan fingerprint density at radius 1 is 1.41 bits per heavy atom. The van der Waals surface area contributed by atoms with Gasteiger partial charge in [0, 0.05) is 18.8 Å². The van der Waals surface area contributed by atoms with Crippen molar-refractivity contribution >= 4 is 17.3 Å². The first kappa shape index (κ1) is 11.9. The lowest BCUT2D eigenvalue weighted by Gasteiger charge is -2.15. The molecule has 0 aliphatic heterocycles. The summed E-state index contributed by atoms with van der Waals surface area (Å²) in [5.74, 6) is 0. The van der Waals surface area contributed by atoms with E-state index in [9.17, 15) is 0 Å². The molecule has 0 spiro atoms. The highest BCUT2D eigenvalue weighted by Crippen LogP contribution is 2.21. The monoisotopic (exact) mass is 250 g/mol. The fraction of sp³-hybridized carbons (Fsp3) is 0.333.